The van der Waals surface area contributed by atoms with Gasteiger partial charge in [0.15, 0.2) is 17.3 Å². The maximum atomic E-state index is 15.5. The molecule has 0 radical (unpaired) electrons. The van der Waals surface area contributed by atoms with Crippen LogP contribution >= 0.6 is 0 Å². The minimum absolute atomic E-state index is 0.0424. The molecule has 5 heterocycles. The molecule has 1 fully saturated rings. The molecule has 12 nitrogen and oxygen atoms in total. The van der Waals surface area contributed by atoms with Crippen LogP contribution in [0.3, 0.4) is 0 Å². The number of nitrogens with zero attached hydrogens (tertiary/aromatic N) is 9. The highest BCUT2D eigenvalue weighted by Gasteiger charge is 2.27. The van der Waals surface area contributed by atoms with Crippen LogP contribution in [0.15, 0.2) is 62.0 Å². The average molecular weight is 541 g/mol. The Bertz CT molecular complexity index is 1760. The van der Waals surface area contributed by atoms with Crippen molar-refractivity contribution in [3.05, 3.63) is 73.3 Å². The Morgan fingerprint density at radius 2 is 2.05 bits per heavy atom. The first-order chi connectivity index (χ1) is 19.4. The van der Waals surface area contributed by atoms with E-state index in [0.29, 0.717) is 65.1 Å². The van der Waals surface area contributed by atoms with Crippen molar-refractivity contribution in [1.29, 1.82) is 0 Å². The molecule has 1 aliphatic heterocycles. The van der Waals surface area contributed by atoms with Gasteiger partial charge in [0.1, 0.15) is 35.2 Å². The van der Waals surface area contributed by atoms with Gasteiger partial charge in [0.05, 0.1) is 11.9 Å². The minimum atomic E-state index is -0.487. The summed E-state index contributed by atoms with van der Waals surface area (Å²) >= 11 is 0. The molecule has 0 unspecified atom stereocenters. The van der Waals surface area contributed by atoms with Gasteiger partial charge in [-0.25, -0.2) is 33.8 Å². The molecule has 6 rings (SSSR count). The van der Waals surface area contributed by atoms with E-state index < -0.39 is 5.82 Å². The summed E-state index contributed by atoms with van der Waals surface area (Å²) in [5.41, 5.74) is 2.11. The molecular weight excluding hydrogens is 515 g/mol. The van der Waals surface area contributed by atoms with Crippen LogP contribution in [0.5, 0.6) is 11.5 Å². The van der Waals surface area contributed by atoms with E-state index in [-0.39, 0.29) is 17.6 Å². The maximum absolute atomic E-state index is 15.5. The summed E-state index contributed by atoms with van der Waals surface area (Å²) in [6.07, 6.45) is 7.48. The Morgan fingerprint density at radius 3 is 2.88 bits per heavy atom. The van der Waals surface area contributed by atoms with Crippen LogP contribution < -0.4 is 15.0 Å². The van der Waals surface area contributed by atoms with Gasteiger partial charge in [-0.3, -0.25) is 4.79 Å². The second-order valence-electron chi connectivity index (χ2n) is 9.36. The van der Waals surface area contributed by atoms with Gasteiger partial charge < -0.3 is 19.9 Å². The summed E-state index contributed by atoms with van der Waals surface area (Å²) in [5, 5.41) is 7.12. The number of amides is 1. The van der Waals surface area contributed by atoms with Crippen LogP contribution in [0, 0.1) is 12.7 Å². The van der Waals surface area contributed by atoms with E-state index in [2.05, 4.69) is 36.9 Å². The fourth-order valence-corrected chi connectivity index (χ4v) is 4.66. The molecule has 13 heteroatoms. The van der Waals surface area contributed by atoms with Crippen LogP contribution in [0.25, 0.3) is 16.7 Å². The number of carbonyl (C=O) groups is 1. The van der Waals surface area contributed by atoms with Gasteiger partial charge in [-0.05, 0) is 38.1 Å². The Morgan fingerprint density at radius 1 is 1.18 bits per heavy atom. The molecule has 4 aromatic heterocycles. The lowest BCUT2D eigenvalue weighted by molar-refractivity contribution is -0.128. The van der Waals surface area contributed by atoms with Crippen LogP contribution in [-0.2, 0) is 4.79 Å². The van der Waals surface area contributed by atoms with Gasteiger partial charge in [-0.1, -0.05) is 6.58 Å². The number of piperazine rings is 1. The summed E-state index contributed by atoms with van der Waals surface area (Å²) in [6.45, 7) is 8.83. The Balaban J connectivity index is 1.25. The van der Waals surface area contributed by atoms with Crippen molar-refractivity contribution in [3.8, 4) is 11.5 Å². The second kappa shape index (κ2) is 10.2. The molecular formula is C27H25FN10O2. The molecule has 40 heavy (non-hydrogen) atoms. The standard InChI is InChI=1S/C27H25FN10O2/c1-4-23(39)37-10-9-36(13-16(37)2)27-29-12-20-25(35-27)26(32-14-30-20)34-19-5-6-21(17(3)24(19)28)40-18-7-8-38-22(11-18)31-15-33-38/h4-8,11-12,14-16H,1,9-10,13H2,2-3H3,(H,30,32,34)/t16-/m1/s1. The molecule has 0 bridgehead atoms. The van der Waals surface area contributed by atoms with Crippen molar-refractivity contribution in [1.82, 2.24) is 39.4 Å². The number of fused-ring (bicyclic) bond motifs is 2. The van der Waals surface area contributed by atoms with E-state index in [1.165, 1.54) is 18.7 Å². The number of rotatable bonds is 6. The first-order valence-corrected chi connectivity index (χ1v) is 12.6. The highest BCUT2D eigenvalue weighted by Crippen LogP contribution is 2.33. The zero-order valence-electron chi connectivity index (χ0n) is 21.8. The summed E-state index contributed by atoms with van der Waals surface area (Å²) in [4.78, 5) is 37.8. The number of aromatic nitrogens is 7. The second-order valence-corrected chi connectivity index (χ2v) is 9.36. The number of pyridine rings is 1. The predicted octanol–water partition coefficient (Wildman–Crippen LogP) is 3.67. The molecule has 1 aliphatic rings. The number of anilines is 3. The number of ether oxygens (including phenoxy) is 1. The Labute approximate surface area is 228 Å². The maximum Gasteiger partial charge on any atom is 0.246 e. The van der Waals surface area contributed by atoms with E-state index in [9.17, 15) is 4.79 Å². The Kier molecular flexibility index (Phi) is 6.38. The number of hydrogen-bond acceptors (Lipinski definition) is 10. The minimum Gasteiger partial charge on any atom is -0.457 e. The largest absolute Gasteiger partial charge is 0.457 e. The SMILES string of the molecule is C=CC(=O)N1CCN(c2ncc3ncnc(Nc4ccc(Oc5ccn6ncnc6c5)c(C)c4F)c3n2)C[C@H]1C. The van der Waals surface area contributed by atoms with Gasteiger partial charge in [-0.15, -0.1) is 0 Å². The van der Waals surface area contributed by atoms with Crippen molar-refractivity contribution in [2.24, 2.45) is 0 Å². The number of halogens is 1. The quantitative estimate of drug-likeness (QED) is 0.319. The topological polar surface area (TPSA) is 127 Å². The first-order valence-electron chi connectivity index (χ1n) is 12.6. The lowest BCUT2D eigenvalue weighted by atomic mass is 10.1. The lowest BCUT2D eigenvalue weighted by Gasteiger charge is -2.39. The van der Waals surface area contributed by atoms with E-state index >= 15 is 4.39 Å². The van der Waals surface area contributed by atoms with Crippen molar-refractivity contribution < 1.29 is 13.9 Å². The summed E-state index contributed by atoms with van der Waals surface area (Å²) in [7, 11) is 0. The zero-order valence-corrected chi connectivity index (χ0v) is 21.8. The Hall–Kier alpha value is -5.20. The third kappa shape index (κ3) is 4.61. The summed E-state index contributed by atoms with van der Waals surface area (Å²) < 4.78 is 23.0. The first kappa shape index (κ1) is 25.1. The number of nitrogens with one attached hydrogen (secondary N) is 1. The normalized spacial score (nSPS) is 15.4. The van der Waals surface area contributed by atoms with Crippen LogP contribution in [-0.4, -0.2) is 71.0 Å². The van der Waals surface area contributed by atoms with Gasteiger partial charge in [0, 0.05) is 43.5 Å². The third-order valence-electron chi connectivity index (χ3n) is 6.80. The molecule has 202 valence electrons. The number of benzene rings is 1. The van der Waals surface area contributed by atoms with Gasteiger partial charge in [-0.2, -0.15) is 5.10 Å². The van der Waals surface area contributed by atoms with Crippen molar-refractivity contribution in [2.45, 2.75) is 19.9 Å². The van der Waals surface area contributed by atoms with E-state index in [0.717, 1.165) is 0 Å². The predicted molar refractivity (Wildman–Crippen MR) is 146 cm³/mol. The molecule has 0 saturated carbocycles. The fourth-order valence-electron chi connectivity index (χ4n) is 4.66. The van der Waals surface area contributed by atoms with Crippen LogP contribution in [0.2, 0.25) is 0 Å². The van der Waals surface area contributed by atoms with Gasteiger partial charge in [0.2, 0.25) is 11.9 Å². The highest BCUT2D eigenvalue weighted by atomic mass is 19.1. The van der Waals surface area contributed by atoms with Crippen molar-refractivity contribution in [3.63, 3.8) is 0 Å². The zero-order chi connectivity index (χ0) is 27.8. The summed E-state index contributed by atoms with van der Waals surface area (Å²) in [6, 6.07) is 6.68. The van der Waals surface area contributed by atoms with Crippen molar-refractivity contribution in [2.75, 3.05) is 29.9 Å². The molecule has 0 aliphatic carbocycles. The van der Waals surface area contributed by atoms with Gasteiger partial charge >= 0.3 is 0 Å². The van der Waals surface area contributed by atoms with Crippen LogP contribution in [0.1, 0.15) is 12.5 Å². The molecule has 5 aromatic rings. The van der Waals surface area contributed by atoms with Crippen LogP contribution in [0.4, 0.5) is 21.8 Å². The van der Waals surface area contributed by atoms with E-state index in [1.807, 2.05) is 11.8 Å². The molecule has 1 N–H and O–H groups in total. The number of hydrogen-bond donors (Lipinski definition) is 1. The van der Waals surface area contributed by atoms with Crippen molar-refractivity contribution >= 4 is 40.0 Å². The van der Waals surface area contributed by atoms with Gasteiger partial charge in [0.25, 0.3) is 0 Å². The van der Waals surface area contributed by atoms with E-state index in [1.54, 1.807) is 53.0 Å². The molecule has 1 saturated heterocycles. The number of carbonyl (C=O) groups excluding carboxylic acids is 1. The molecule has 1 atom stereocenters. The molecule has 0 spiro atoms. The van der Waals surface area contributed by atoms with E-state index in [4.69, 9.17) is 9.72 Å². The highest BCUT2D eigenvalue weighted by molar-refractivity contribution is 5.88. The fraction of sp³-hybridized carbons (Fsp3) is 0.222. The lowest BCUT2D eigenvalue weighted by Crippen LogP contribution is -2.54. The smallest absolute Gasteiger partial charge is 0.246 e. The monoisotopic (exact) mass is 540 g/mol. The molecule has 1 amide bonds. The summed E-state index contributed by atoms with van der Waals surface area (Å²) in [5.74, 6) is 1.11. The third-order valence-corrected chi connectivity index (χ3v) is 6.80. The molecule has 1 aromatic carbocycles. The average Bonchev–Trinajstić information content (AvgIpc) is 3.44.